The largest absolute Gasteiger partial charge is 0.317 e. The minimum atomic E-state index is -1.03. The van der Waals surface area contributed by atoms with Crippen LogP contribution in [0.15, 0.2) is 24.3 Å². The quantitative estimate of drug-likeness (QED) is 0.755. The normalized spacial score (nSPS) is 12.8. The zero-order chi connectivity index (χ0) is 9.68. The highest BCUT2D eigenvalue weighted by Gasteiger charge is 2.09. The van der Waals surface area contributed by atoms with Gasteiger partial charge in [0, 0.05) is 13.0 Å². The molecule has 0 radical (unpaired) electrons. The van der Waals surface area contributed by atoms with Crippen molar-refractivity contribution in [3.63, 3.8) is 0 Å². The highest BCUT2D eigenvalue weighted by Crippen LogP contribution is 2.10. The van der Waals surface area contributed by atoms with E-state index in [1.807, 2.05) is 0 Å². The van der Waals surface area contributed by atoms with Crippen LogP contribution in [0.3, 0.4) is 0 Å². The lowest BCUT2D eigenvalue weighted by atomic mass is 10.1. The Morgan fingerprint density at radius 3 is 2.69 bits per heavy atom. The van der Waals surface area contributed by atoms with Gasteiger partial charge in [-0.1, -0.05) is 18.2 Å². The van der Waals surface area contributed by atoms with Gasteiger partial charge in [-0.25, -0.2) is 8.78 Å². The molecule has 1 aromatic rings. The number of rotatable bonds is 4. The van der Waals surface area contributed by atoms with Gasteiger partial charge in [-0.2, -0.15) is 0 Å². The van der Waals surface area contributed by atoms with Crippen LogP contribution in [-0.2, 0) is 6.42 Å². The molecule has 0 bridgehead atoms. The lowest BCUT2D eigenvalue weighted by molar-refractivity contribution is 0.321. The Kier molecular flexibility index (Phi) is 3.83. The van der Waals surface area contributed by atoms with E-state index in [9.17, 15) is 8.78 Å². The van der Waals surface area contributed by atoms with Crippen molar-refractivity contribution in [1.82, 2.24) is 5.32 Å². The summed E-state index contributed by atoms with van der Waals surface area (Å²) in [6.45, 7) is 0.258. The van der Waals surface area contributed by atoms with Crippen molar-refractivity contribution in [3.8, 4) is 0 Å². The van der Waals surface area contributed by atoms with Crippen LogP contribution in [0.1, 0.15) is 5.56 Å². The maximum Gasteiger partial charge on any atom is 0.126 e. The summed E-state index contributed by atoms with van der Waals surface area (Å²) in [6.07, 6.45) is -0.894. The lowest BCUT2D eigenvalue weighted by Crippen LogP contribution is -2.22. The summed E-state index contributed by atoms with van der Waals surface area (Å²) in [5.41, 5.74) is 0.435. The summed E-state index contributed by atoms with van der Waals surface area (Å²) >= 11 is 0. The molecule has 0 spiro atoms. The topological polar surface area (TPSA) is 12.0 Å². The molecule has 0 aromatic heterocycles. The van der Waals surface area contributed by atoms with Gasteiger partial charge in [0.2, 0.25) is 0 Å². The Bertz CT molecular complexity index is 263. The van der Waals surface area contributed by atoms with E-state index in [4.69, 9.17) is 0 Å². The molecule has 1 atom stereocenters. The molecule has 0 unspecified atom stereocenters. The summed E-state index contributed by atoms with van der Waals surface area (Å²) in [5.74, 6) is -0.332. The lowest BCUT2D eigenvalue weighted by Gasteiger charge is -2.07. The first-order valence-corrected chi connectivity index (χ1v) is 4.26. The summed E-state index contributed by atoms with van der Waals surface area (Å²) in [5, 5.41) is 2.71. The minimum absolute atomic E-state index is 0.132. The highest BCUT2D eigenvalue weighted by atomic mass is 19.1. The Labute approximate surface area is 76.8 Å². The van der Waals surface area contributed by atoms with Crippen LogP contribution in [0.5, 0.6) is 0 Å². The van der Waals surface area contributed by atoms with E-state index in [0.29, 0.717) is 5.56 Å². The van der Waals surface area contributed by atoms with Gasteiger partial charge >= 0.3 is 0 Å². The molecule has 0 amide bonds. The van der Waals surface area contributed by atoms with Gasteiger partial charge in [0.15, 0.2) is 0 Å². The van der Waals surface area contributed by atoms with E-state index in [1.54, 1.807) is 25.2 Å². The Balaban J connectivity index is 2.58. The number of nitrogens with one attached hydrogen (secondary N) is 1. The second-order valence-electron chi connectivity index (χ2n) is 2.95. The maximum absolute atomic E-state index is 13.0. The summed E-state index contributed by atoms with van der Waals surface area (Å²) in [4.78, 5) is 0. The van der Waals surface area contributed by atoms with Crippen molar-refractivity contribution in [1.29, 1.82) is 0 Å². The third-order valence-electron chi connectivity index (χ3n) is 1.82. The smallest absolute Gasteiger partial charge is 0.126 e. The summed E-state index contributed by atoms with van der Waals surface area (Å²) in [6, 6.07) is 6.27. The zero-order valence-corrected chi connectivity index (χ0v) is 7.56. The second-order valence-corrected chi connectivity index (χ2v) is 2.95. The number of hydrogen-bond donors (Lipinski definition) is 1. The summed E-state index contributed by atoms with van der Waals surface area (Å²) in [7, 11) is 1.67. The molecule has 3 heteroatoms. The van der Waals surface area contributed by atoms with E-state index in [0.717, 1.165) is 0 Å². The molecule has 1 N–H and O–H groups in total. The molecule has 0 aliphatic carbocycles. The number of hydrogen-bond acceptors (Lipinski definition) is 1. The molecule has 13 heavy (non-hydrogen) atoms. The molecular weight excluding hydrogens is 172 g/mol. The Morgan fingerprint density at radius 2 is 2.08 bits per heavy atom. The number of benzene rings is 1. The minimum Gasteiger partial charge on any atom is -0.317 e. The van der Waals surface area contributed by atoms with E-state index >= 15 is 0 Å². The van der Waals surface area contributed by atoms with Gasteiger partial charge in [0.05, 0.1) is 0 Å². The second kappa shape index (κ2) is 4.92. The zero-order valence-electron chi connectivity index (χ0n) is 7.56. The SMILES string of the molecule is CNC[C@@H](F)Cc1ccccc1F. The molecule has 0 aliphatic rings. The van der Waals surface area contributed by atoms with Gasteiger partial charge in [0.25, 0.3) is 0 Å². The van der Waals surface area contributed by atoms with Crippen LogP contribution in [0.4, 0.5) is 8.78 Å². The fourth-order valence-electron chi connectivity index (χ4n) is 1.20. The fourth-order valence-corrected chi connectivity index (χ4v) is 1.20. The molecule has 0 saturated heterocycles. The third-order valence-corrected chi connectivity index (χ3v) is 1.82. The van der Waals surface area contributed by atoms with Gasteiger partial charge < -0.3 is 5.32 Å². The van der Waals surface area contributed by atoms with Crippen LogP contribution >= 0.6 is 0 Å². The number of alkyl halides is 1. The van der Waals surface area contributed by atoms with Gasteiger partial charge in [-0.3, -0.25) is 0 Å². The first-order chi connectivity index (χ1) is 6.24. The van der Waals surface area contributed by atoms with Crippen LogP contribution < -0.4 is 5.32 Å². The van der Waals surface area contributed by atoms with Gasteiger partial charge in [-0.15, -0.1) is 0 Å². The summed E-state index contributed by atoms with van der Waals surface area (Å²) < 4.78 is 26.0. The molecule has 1 rings (SSSR count). The molecule has 72 valence electrons. The van der Waals surface area contributed by atoms with Crippen LogP contribution in [0, 0.1) is 5.82 Å². The van der Waals surface area contributed by atoms with Crippen LogP contribution in [0.2, 0.25) is 0 Å². The van der Waals surface area contributed by atoms with Crippen LogP contribution in [-0.4, -0.2) is 19.8 Å². The molecule has 0 aliphatic heterocycles. The third kappa shape index (κ3) is 3.11. The van der Waals surface area contributed by atoms with E-state index in [2.05, 4.69) is 5.32 Å². The average molecular weight is 185 g/mol. The molecule has 1 nitrogen and oxygen atoms in total. The van der Waals surface area contributed by atoms with E-state index in [1.165, 1.54) is 6.07 Å². The fraction of sp³-hybridized carbons (Fsp3) is 0.400. The molecule has 1 aromatic carbocycles. The van der Waals surface area contributed by atoms with Gasteiger partial charge in [0.1, 0.15) is 12.0 Å². The van der Waals surface area contributed by atoms with Crippen molar-refractivity contribution in [3.05, 3.63) is 35.6 Å². The van der Waals surface area contributed by atoms with E-state index < -0.39 is 6.17 Å². The van der Waals surface area contributed by atoms with Gasteiger partial charge in [-0.05, 0) is 18.7 Å². The standard InChI is InChI=1S/C10H13F2N/c1-13-7-9(11)6-8-4-2-3-5-10(8)12/h2-5,9,13H,6-7H2,1H3/t9-/m0/s1. The van der Waals surface area contributed by atoms with Crippen molar-refractivity contribution in [2.45, 2.75) is 12.6 Å². The van der Waals surface area contributed by atoms with Crippen LogP contribution in [0.25, 0.3) is 0 Å². The molecular formula is C10H13F2N. The molecule has 0 fully saturated rings. The molecule has 0 saturated carbocycles. The first kappa shape index (κ1) is 10.1. The monoisotopic (exact) mass is 185 g/mol. The predicted molar refractivity (Wildman–Crippen MR) is 48.9 cm³/mol. The number of halogens is 2. The Morgan fingerprint density at radius 1 is 1.38 bits per heavy atom. The van der Waals surface area contributed by atoms with Crippen molar-refractivity contribution in [2.75, 3.05) is 13.6 Å². The van der Waals surface area contributed by atoms with Crippen molar-refractivity contribution >= 4 is 0 Å². The predicted octanol–water partition coefficient (Wildman–Crippen LogP) is 1.93. The molecule has 0 heterocycles. The Hall–Kier alpha value is -0.960. The first-order valence-electron chi connectivity index (χ1n) is 4.26. The maximum atomic E-state index is 13.0. The highest BCUT2D eigenvalue weighted by molar-refractivity contribution is 5.18. The van der Waals surface area contributed by atoms with Crippen molar-refractivity contribution < 1.29 is 8.78 Å². The average Bonchev–Trinajstić information content (AvgIpc) is 2.09. The van der Waals surface area contributed by atoms with Crippen molar-refractivity contribution in [2.24, 2.45) is 0 Å². The van der Waals surface area contributed by atoms with E-state index in [-0.39, 0.29) is 18.8 Å².